The van der Waals surface area contributed by atoms with E-state index in [9.17, 15) is 0 Å². The average Bonchev–Trinajstić information content (AvgIpc) is 2.51. The van der Waals surface area contributed by atoms with E-state index >= 15 is 0 Å². The van der Waals surface area contributed by atoms with Crippen molar-refractivity contribution in [2.75, 3.05) is 6.67 Å². The molecule has 2 rings (SSSR count). The Labute approximate surface area is 133 Å². The molecule has 0 aromatic carbocycles. The summed E-state index contributed by atoms with van der Waals surface area (Å²) < 4.78 is 0. The Balaban J connectivity index is 0.000000579. The van der Waals surface area contributed by atoms with Crippen LogP contribution in [0.15, 0.2) is 0 Å². The molecule has 0 saturated heterocycles. The van der Waals surface area contributed by atoms with E-state index in [1.807, 2.05) is 0 Å². The van der Waals surface area contributed by atoms with Gasteiger partial charge in [-0.1, -0.05) is 59.3 Å². The molecule has 2 aliphatic carbocycles. The van der Waals surface area contributed by atoms with Gasteiger partial charge in [-0.3, -0.25) is 0 Å². The van der Waals surface area contributed by atoms with Crippen molar-refractivity contribution in [2.45, 2.75) is 97.1 Å². The van der Waals surface area contributed by atoms with Crippen molar-refractivity contribution in [1.82, 2.24) is 10.6 Å². The number of nitrogens with one attached hydrogen (secondary N) is 2. The van der Waals surface area contributed by atoms with Gasteiger partial charge in [-0.25, -0.2) is 0 Å². The summed E-state index contributed by atoms with van der Waals surface area (Å²) in [5, 5.41) is 7.32. The third kappa shape index (κ3) is 12.9. The van der Waals surface area contributed by atoms with Gasteiger partial charge >= 0.3 is 0 Å². The summed E-state index contributed by atoms with van der Waals surface area (Å²) in [6.07, 6.45) is 22.2. The molecule has 2 N–H and O–H groups in total. The molecule has 2 heteroatoms. The molecule has 0 aliphatic heterocycles. The molecule has 2 nitrogen and oxygen atoms in total. The third-order valence-electron chi connectivity index (χ3n) is 3.99. The van der Waals surface area contributed by atoms with Crippen LogP contribution in [-0.4, -0.2) is 18.8 Å². The van der Waals surface area contributed by atoms with Crippen LogP contribution >= 0.6 is 0 Å². The van der Waals surface area contributed by atoms with Crippen LogP contribution in [0.25, 0.3) is 0 Å². The molecule has 2 aliphatic rings. The number of hydrogen-bond donors (Lipinski definition) is 2. The largest absolute Gasteiger partial charge is 0.302 e. The van der Waals surface area contributed by atoms with Crippen molar-refractivity contribution >= 4 is 0 Å². The molecule has 0 aromatic heterocycles. The normalized spacial score (nSPS) is 20.1. The van der Waals surface area contributed by atoms with E-state index in [1.54, 1.807) is 0 Å². The molecule has 21 heavy (non-hydrogen) atoms. The van der Waals surface area contributed by atoms with Crippen molar-refractivity contribution < 1.29 is 0 Å². The highest BCUT2D eigenvalue weighted by atomic mass is 15.1. The molecular weight excluding hydrogens is 256 g/mol. The Kier molecular flexibility index (Phi) is 14.1. The lowest BCUT2D eigenvalue weighted by Gasteiger charge is -2.27. The van der Waals surface area contributed by atoms with Gasteiger partial charge in [0, 0.05) is 18.8 Å². The van der Waals surface area contributed by atoms with Gasteiger partial charge in [0.05, 0.1) is 0 Å². The van der Waals surface area contributed by atoms with Gasteiger partial charge < -0.3 is 10.6 Å². The quantitative estimate of drug-likeness (QED) is 0.580. The predicted molar refractivity (Wildman–Crippen MR) is 95.3 cm³/mol. The second kappa shape index (κ2) is 14.4. The van der Waals surface area contributed by atoms with Gasteiger partial charge in [-0.15, -0.1) is 12.8 Å². The molecule has 2 fully saturated rings. The van der Waals surface area contributed by atoms with Gasteiger partial charge in [0.1, 0.15) is 0 Å². The molecule has 0 radical (unpaired) electrons. The Morgan fingerprint density at radius 3 is 1.29 bits per heavy atom. The van der Waals surface area contributed by atoms with Crippen LogP contribution in [-0.2, 0) is 0 Å². The fourth-order valence-corrected chi connectivity index (χ4v) is 2.96. The third-order valence-corrected chi connectivity index (χ3v) is 3.99. The first-order chi connectivity index (χ1) is 10.2. The van der Waals surface area contributed by atoms with E-state index in [-0.39, 0.29) is 0 Å². The highest BCUT2D eigenvalue weighted by Gasteiger charge is 2.14. The van der Waals surface area contributed by atoms with E-state index in [0.29, 0.717) is 0 Å². The maximum Gasteiger partial charge on any atom is 0.0458 e. The van der Waals surface area contributed by atoms with Crippen LogP contribution in [0.3, 0.4) is 0 Å². The summed E-state index contributed by atoms with van der Waals surface area (Å²) in [5.74, 6) is 0.833. The van der Waals surface area contributed by atoms with Crippen LogP contribution in [0.2, 0.25) is 0 Å². The summed E-state index contributed by atoms with van der Waals surface area (Å²) in [4.78, 5) is 0. The van der Waals surface area contributed by atoms with Crippen LogP contribution in [0.4, 0.5) is 0 Å². The minimum Gasteiger partial charge on any atom is -0.302 e. The second-order valence-electron chi connectivity index (χ2n) is 6.99. The number of terminal acetylenes is 1. The first kappa shape index (κ1) is 20.5. The Morgan fingerprint density at radius 2 is 1.00 bits per heavy atom. The molecule has 0 unspecified atom stereocenters. The van der Waals surface area contributed by atoms with Crippen LogP contribution in [0, 0.1) is 18.8 Å². The van der Waals surface area contributed by atoms with E-state index in [0.717, 1.165) is 24.7 Å². The summed E-state index contributed by atoms with van der Waals surface area (Å²) in [6.45, 7) is 7.54. The molecule has 0 heterocycles. The lowest BCUT2D eigenvalue weighted by atomic mass is 9.95. The molecule has 0 aromatic rings. The van der Waals surface area contributed by atoms with E-state index in [2.05, 4.69) is 44.3 Å². The highest BCUT2D eigenvalue weighted by molar-refractivity contribution is 4.74. The van der Waals surface area contributed by atoms with Gasteiger partial charge in [-0.05, 0) is 31.6 Å². The lowest BCUT2D eigenvalue weighted by molar-refractivity contribution is 0.323. The topological polar surface area (TPSA) is 24.1 Å². The SMILES string of the molecule is C#C.C1CCC(NCNC2CCCCC2)CC1.CC(C)C. The molecule has 2 saturated carbocycles. The summed E-state index contributed by atoms with van der Waals surface area (Å²) in [6, 6.07) is 1.60. The standard InChI is InChI=1S/C13H26N2.C4H10.C2H2/c1-3-7-12(8-4-1)14-11-15-13-9-5-2-6-10-13;1-4(2)3;1-2/h12-15H,1-11H2;4H,1-3H3;1-2H. The number of rotatable bonds is 4. The molecular formula is C19H38N2. The van der Waals surface area contributed by atoms with E-state index in [1.165, 1.54) is 64.2 Å². The molecule has 0 bridgehead atoms. The lowest BCUT2D eigenvalue weighted by Crippen LogP contribution is -2.42. The maximum atomic E-state index is 4.00. The summed E-state index contributed by atoms with van der Waals surface area (Å²) in [5.41, 5.74) is 0. The minimum absolute atomic E-state index is 0.801. The smallest absolute Gasteiger partial charge is 0.0458 e. The van der Waals surface area contributed by atoms with Crippen molar-refractivity contribution in [3.8, 4) is 12.8 Å². The second-order valence-corrected chi connectivity index (χ2v) is 6.99. The summed E-state index contributed by atoms with van der Waals surface area (Å²) in [7, 11) is 0. The monoisotopic (exact) mass is 294 g/mol. The average molecular weight is 295 g/mol. The van der Waals surface area contributed by atoms with Gasteiger partial charge in [0.15, 0.2) is 0 Å². The van der Waals surface area contributed by atoms with Crippen molar-refractivity contribution in [3.63, 3.8) is 0 Å². The fraction of sp³-hybridized carbons (Fsp3) is 0.895. The molecule has 0 atom stereocenters. The molecule has 0 spiro atoms. The van der Waals surface area contributed by atoms with Crippen molar-refractivity contribution in [1.29, 1.82) is 0 Å². The maximum absolute atomic E-state index is 4.00. The van der Waals surface area contributed by atoms with Gasteiger partial charge in [0.2, 0.25) is 0 Å². The van der Waals surface area contributed by atoms with Gasteiger partial charge in [0.25, 0.3) is 0 Å². The zero-order valence-corrected chi connectivity index (χ0v) is 14.7. The van der Waals surface area contributed by atoms with E-state index < -0.39 is 0 Å². The highest BCUT2D eigenvalue weighted by Crippen LogP contribution is 2.18. The Bertz CT molecular complexity index is 202. The minimum atomic E-state index is 0.801. The zero-order chi connectivity index (χ0) is 15.9. The summed E-state index contributed by atoms with van der Waals surface area (Å²) >= 11 is 0. The van der Waals surface area contributed by atoms with Crippen LogP contribution in [0.1, 0.15) is 85.0 Å². The van der Waals surface area contributed by atoms with Crippen molar-refractivity contribution in [2.24, 2.45) is 5.92 Å². The van der Waals surface area contributed by atoms with Crippen molar-refractivity contribution in [3.05, 3.63) is 0 Å². The Hall–Kier alpha value is -0.520. The first-order valence-electron chi connectivity index (χ1n) is 8.98. The number of hydrogen-bond acceptors (Lipinski definition) is 2. The van der Waals surface area contributed by atoms with Crippen LogP contribution in [0.5, 0.6) is 0 Å². The zero-order valence-electron chi connectivity index (χ0n) is 14.7. The van der Waals surface area contributed by atoms with Gasteiger partial charge in [-0.2, -0.15) is 0 Å². The molecule has 124 valence electrons. The fourth-order valence-electron chi connectivity index (χ4n) is 2.96. The van der Waals surface area contributed by atoms with E-state index in [4.69, 9.17) is 0 Å². The first-order valence-corrected chi connectivity index (χ1v) is 8.98. The predicted octanol–water partition coefficient (Wildman–Crippen LogP) is 4.70. The Morgan fingerprint density at radius 1 is 0.714 bits per heavy atom. The van der Waals surface area contributed by atoms with Crippen LogP contribution < -0.4 is 10.6 Å². The molecule has 0 amide bonds.